The maximum atomic E-state index is 11.8. The summed E-state index contributed by atoms with van der Waals surface area (Å²) in [5.41, 5.74) is 0.845. The Bertz CT molecular complexity index is 120. The van der Waals surface area contributed by atoms with Gasteiger partial charge in [-0.15, -0.1) is 0 Å². The lowest BCUT2D eigenvalue weighted by atomic mass is 10.3. The van der Waals surface area contributed by atoms with Crippen LogP contribution in [0.4, 0.5) is 0 Å². The van der Waals surface area contributed by atoms with Gasteiger partial charge in [-0.2, -0.15) is 0 Å². The van der Waals surface area contributed by atoms with E-state index in [4.69, 9.17) is 0 Å². The van der Waals surface area contributed by atoms with E-state index in [0.717, 1.165) is 25.7 Å². The summed E-state index contributed by atoms with van der Waals surface area (Å²) in [4.78, 5) is 0. The van der Waals surface area contributed by atoms with Gasteiger partial charge >= 0.3 is 0 Å². The Hall–Kier alpha value is 0.100. The lowest BCUT2D eigenvalue weighted by Gasteiger charge is -2.15. The van der Waals surface area contributed by atoms with Gasteiger partial charge in [0, 0.05) is 11.3 Å². The molecule has 12 heavy (non-hydrogen) atoms. The second-order valence-corrected chi connectivity index (χ2v) is 6.12. The molecule has 0 aromatic heterocycles. The highest BCUT2D eigenvalue weighted by Gasteiger charge is 2.16. The molecule has 73 valence electrons. The summed E-state index contributed by atoms with van der Waals surface area (Å²) in [5.74, 6) is 0. The molecule has 2 heteroatoms. The molecule has 0 N–H and O–H groups in total. The minimum Gasteiger partial charge on any atom is -0.287 e. The largest absolute Gasteiger partial charge is 0.287 e. The molecule has 1 nitrogen and oxygen atoms in total. The Morgan fingerprint density at radius 2 is 1.33 bits per heavy atom. The van der Waals surface area contributed by atoms with Crippen LogP contribution in [0.5, 0.6) is 0 Å². The smallest absolute Gasteiger partial charge is 0.0776 e. The van der Waals surface area contributed by atoms with Gasteiger partial charge in [-0.25, -0.2) is 0 Å². The minimum absolute atomic E-state index is 0.423. The topological polar surface area (TPSA) is 17.1 Å². The third-order valence-corrected chi connectivity index (χ3v) is 4.54. The Labute approximate surface area is 77.7 Å². The number of rotatable bonds is 6. The normalized spacial score (nSPS) is 17.2. The van der Waals surface area contributed by atoms with Crippen molar-refractivity contribution in [2.45, 2.75) is 64.7 Å². The van der Waals surface area contributed by atoms with E-state index >= 15 is 0 Å². The van der Waals surface area contributed by atoms with Crippen LogP contribution in [0.25, 0.3) is 0 Å². The molecule has 0 rings (SSSR count). The van der Waals surface area contributed by atoms with Gasteiger partial charge in [0.2, 0.25) is 0 Å². The summed E-state index contributed by atoms with van der Waals surface area (Å²) in [5, 5.41) is 0. The molecule has 0 aromatic carbocycles. The van der Waals surface area contributed by atoms with Crippen LogP contribution in [0.3, 0.4) is 0 Å². The van der Waals surface area contributed by atoms with Crippen molar-refractivity contribution < 1.29 is 4.57 Å². The van der Waals surface area contributed by atoms with E-state index in [1.165, 1.54) is 0 Å². The first-order chi connectivity index (χ1) is 5.63. The summed E-state index contributed by atoms with van der Waals surface area (Å²) in [7, 11) is -0.965. The van der Waals surface area contributed by atoms with Gasteiger partial charge < -0.3 is 0 Å². The van der Waals surface area contributed by atoms with Crippen LogP contribution < -0.4 is 0 Å². The fraction of sp³-hybridized carbons (Fsp3) is 1.00. The van der Waals surface area contributed by atoms with Gasteiger partial charge in [0.25, 0.3) is 0 Å². The maximum Gasteiger partial charge on any atom is 0.0776 e. The molecule has 0 aliphatic carbocycles. The molecule has 0 heterocycles. The zero-order valence-electron chi connectivity index (χ0n) is 8.84. The number of hydrogen-bond acceptors (Lipinski definition) is 1. The summed E-state index contributed by atoms with van der Waals surface area (Å²) in [6.45, 7) is 8.55. The van der Waals surface area contributed by atoms with Crippen molar-refractivity contribution in [1.82, 2.24) is 0 Å². The highest BCUT2D eigenvalue weighted by atomic mass is 31.1. The first-order valence-electron chi connectivity index (χ1n) is 5.08. The predicted molar refractivity (Wildman–Crippen MR) is 56.3 cm³/mol. The van der Waals surface area contributed by atoms with Crippen molar-refractivity contribution in [2.75, 3.05) is 0 Å². The van der Waals surface area contributed by atoms with E-state index < -0.39 is 7.80 Å². The van der Waals surface area contributed by atoms with Crippen molar-refractivity contribution >= 4 is 7.80 Å². The fourth-order valence-corrected chi connectivity index (χ4v) is 3.42. The van der Waals surface area contributed by atoms with Gasteiger partial charge in [0.05, 0.1) is 7.80 Å². The summed E-state index contributed by atoms with van der Waals surface area (Å²) in [6, 6.07) is 0. The van der Waals surface area contributed by atoms with Crippen molar-refractivity contribution in [3.05, 3.63) is 0 Å². The second kappa shape index (κ2) is 6.60. The van der Waals surface area contributed by atoms with E-state index in [2.05, 4.69) is 27.7 Å². The predicted octanol–water partition coefficient (Wildman–Crippen LogP) is 4.19. The van der Waals surface area contributed by atoms with Crippen molar-refractivity contribution in [2.24, 2.45) is 0 Å². The van der Waals surface area contributed by atoms with Crippen molar-refractivity contribution in [3.8, 4) is 0 Å². The molecule has 1 radical (unpaired) electrons. The van der Waals surface area contributed by atoms with Crippen molar-refractivity contribution in [3.63, 3.8) is 0 Å². The zero-order chi connectivity index (χ0) is 9.56. The molecule has 0 fully saturated rings. The van der Waals surface area contributed by atoms with Gasteiger partial charge in [0.15, 0.2) is 0 Å². The average Bonchev–Trinajstić information content (AvgIpc) is 2.04. The van der Waals surface area contributed by atoms with Gasteiger partial charge in [-0.1, -0.05) is 40.5 Å². The quantitative estimate of drug-likeness (QED) is 0.572. The lowest BCUT2D eigenvalue weighted by Crippen LogP contribution is -2.04. The Morgan fingerprint density at radius 3 is 1.58 bits per heavy atom. The standard InChI is InChI=1S/C10H22OP/c1-5-7-9(3)12(11)10(4)8-6-2/h9-10H,5-8H2,1-4H3. The third kappa shape index (κ3) is 4.21. The zero-order valence-corrected chi connectivity index (χ0v) is 9.73. The van der Waals surface area contributed by atoms with E-state index in [1.54, 1.807) is 0 Å². The van der Waals surface area contributed by atoms with Crippen LogP contribution in [0, 0.1) is 0 Å². The molecule has 0 saturated carbocycles. The van der Waals surface area contributed by atoms with Crippen LogP contribution in [0.2, 0.25) is 0 Å². The van der Waals surface area contributed by atoms with Crippen LogP contribution in [0.1, 0.15) is 53.4 Å². The monoisotopic (exact) mass is 189 g/mol. The molecule has 0 spiro atoms. The molecule has 2 unspecified atom stereocenters. The summed E-state index contributed by atoms with van der Waals surface area (Å²) >= 11 is 0. The molecular formula is C10H22OP. The van der Waals surface area contributed by atoms with Crippen LogP contribution >= 0.6 is 7.80 Å². The van der Waals surface area contributed by atoms with Crippen LogP contribution in [-0.4, -0.2) is 11.3 Å². The van der Waals surface area contributed by atoms with Gasteiger partial charge in [-0.05, 0) is 12.8 Å². The molecule has 0 aliphatic heterocycles. The first-order valence-corrected chi connectivity index (χ1v) is 6.48. The summed E-state index contributed by atoms with van der Waals surface area (Å²) < 4.78 is 11.8. The average molecular weight is 189 g/mol. The van der Waals surface area contributed by atoms with Crippen molar-refractivity contribution in [1.29, 1.82) is 0 Å². The van der Waals surface area contributed by atoms with Gasteiger partial charge in [-0.3, -0.25) is 4.57 Å². The lowest BCUT2D eigenvalue weighted by molar-refractivity contribution is 0.562. The molecule has 2 atom stereocenters. The van der Waals surface area contributed by atoms with Crippen LogP contribution in [0.15, 0.2) is 0 Å². The minimum atomic E-state index is -0.965. The highest BCUT2D eigenvalue weighted by Crippen LogP contribution is 2.38. The maximum absolute atomic E-state index is 11.8. The molecule has 0 aromatic rings. The number of hydrogen-bond donors (Lipinski definition) is 0. The molecule has 0 amide bonds. The highest BCUT2D eigenvalue weighted by molar-refractivity contribution is 7.46. The molecule has 0 aliphatic rings. The second-order valence-electron chi connectivity index (χ2n) is 3.64. The fourth-order valence-electron chi connectivity index (χ4n) is 1.52. The SMILES string of the molecule is CCCC(C)[P](=O)C(C)CCC. The Balaban J connectivity index is 3.82. The molecule has 0 saturated heterocycles. The van der Waals surface area contributed by atoms with E-state index in [-0.39, 0.29) is 0 Å². The molecule has 0 bridgehead atoms. The van der Waals surface area contributed by atoms with Gasteiger partial charge in [0.1, 0.15) is 0 Å². The van der Waals surface area contributed by atoms with E-state index in [0.29, 0.717) is 11.3 Å². The third-order valence-electron chi connectivity index (χ3n) is 2.28. The molecular weight excluding hydrogens is 167 g/mol. The van der Waals surface area contributed by atoms with Crippen LogP contribution in [-0.2, 0) is 4.57 Å². The van der Waals surface area contributed by atoms with E-state index in [9.17, 15) is 4.57 Å². The summed E-state index contributed by atoms with van der Waals surface area (Å²) in [6.07, 6.45) is 4.54. The first kappa shape index (κ1) is 12.1. The van der Waals surface area contributed by atoms with E-state index in [1.807, 2.05) is 0 Å². The Kier molecular flexibility index (Phi) is 6.65. The Morgan fingerprint density at radius 1 is 1.00 bits per heavy atom.